The molecule has 0 aliphatic heterocycles. The standard InChI is InChI=1S/C13H17N3S/c1-2-15-13(17)16(10-6-9-14)11-12-7-4-3-5-8-12/h3-5,7-8H,2,6,10-11H2,1H3,(H,15,17). The second-order valence-electron chi connectivity index (χ2n) is 3.65. The lowest BCUT2D eigenvalue weighted by Crippen LogP contribution is -2.39. The predicted octanol–water partition coefficient (Wildman–Crippen LogP) is 2.30. The first-order valence-corrected chi connectivity index (χ1v) is 6.12. The van der Waals surface area contributed by atoms with E-state index in [1.165, 1.54) is 5.56 Å². The van der Waals surface area contributed by atoms with Gasteiger partial charge in [0.2, 0.25) is 0 Å². The van der Waals surface area contributed by atoms with Crippen LogP contribution in [0.4, 0.5) is 0 Å². The number of nitrogens with one attached hydrogen (secondary N) is 1. The van der Waals surface area contributed by atoms with Crippen molar-refractivity contribution >= 4 is 17.3 Å². The molecule has 3 nitrogen and oxygen atoms in total. The summed E-state index contributed by atoms with van der Waals surface area (Å²) in [5.74, 6) is 0. The molecule has 4 heteroatoms. The summed E-state index contributed by atoms with van der Waals surface area (Å²) in [4.78, 5) is 2.03. The van der Waals surface area contributed by atoms with Gasteiger partial charge in [0.25, 0.3) is 0 Å². The first kappa shape index (κ1) is 13.5. The van der Waals surface area contributed by atoms with Crippen LogP contribution in [0.1, 0.15) is 18.9 Å². The highest BCUT2D eigenvalue weighted by molar-refractivity contribution is 7.80. The summed E-state index contributed by atoms with van der Waals surface area (Å²) in [5, 5.41) is 12.5. The Labute approximate surface area is 108 Å². The molecule has 0 aliphatic carbocycles. The molecule has 0 aromatic heterocycles. The molecule has 0 radical (unpaired) electrons. The van der Waals surface area contributed by atoms with Crippen molar-refractivity contribution in [3.8, 4) is 6.07 Å². The fraction of sp³-hybridized carbons (Fsp3) is 0.385. The molecule has 0 bridgehead atoms. The Morgan fingerprint density at radius 1 is 1.41 bits per heavy atom. The molecule has 1 rings (SSSR count). The molecule has 0 unspecified atom stereocenters. The topological polar surface area (TPSA) is 39.1 Å². The molecule has 17 heavy (non-hydrogen) atoms. The molecule has 0 amide bonds. The lowest BCUT2D eigenvalue weighted by molar-refractivity contribution is 0.415. The number of thiocarbonyl (C=S) groups is 1. The quantitative estimate of drug-likeness (QED) is 0.810. The van der Waals surface area contributed by atoms with Gasteiger partial charge in [0, 0.05) is 19.6 Å². The number of hydrogen-bond acceptors (Lipinski definition) is 2. The van der Waals surface area contributed by atoms with E-state index in [2.05, 4.69) is 23.5 Å². The summed E-state index contributed by atoms with van der Waals surface area (Å²) < 4.78 is 0. The molecule has 1 N–H and O–H groups in total. The van der Waals surface area contributed by atoms with Crippen molar-refractivity contribution in [2.75, 3.05) is 13.1 Å². The minimum atomic E-state index is 0.484. The molecule has 90 valence electrons. The second-order valence-corrected chi connectivity index (χ2v) is 4.04. The third-order valence-electron chi connectivity index (χ3n) is 2.32. The van der Waals surface area contributed by atoms with Gasteiger partial charge in [-0.05, 0) is 24.7 Å². The van der Waals surface area contributed by atoms with Gasteiger partial charge in [-0.3, -0.25) is 0 Å². The van der Waals surface area contributed by atoms with E-state index in [0.29, 0.717) is 18.1 Å². The van der Waals surface area contributed by atoms with E-state index in [0.717, 1.165) is 13.1 Å². The molecule has 0 aliphatic rings. The molecule has 0 heterocycles. The normalized spacial score (nSPS) is 9.41. The van der Waals surface area contributed by atoms with Crippen molar-refractivity contribution in [2.45, 2.75) is 19.9 Å². The molecule has 0 saturated heterocycles. The third kappa shape index (κ3) is 4.83. The van der Waals surface area contributed by atoms with Gasteiger partial charge in [0.05, 0.1) is 12.5 Å². The number of benzene rings is 1. The molecular weight excluding hydrogens is 230 g/mol. The summed E-state index contributed by atoms with van der Waals surface area (Å²) >= 11 is 5.29. The van der Waals surface area contributed by atoms with Crippen LogP contribution in [0.5, 0.6) is 0 Å². The molecule has 0 saturated carbocycles. The molecule has 0 atom stereocenters. The fourth-order valence-electron chi connectivity index (χ4n) is 1.50. The largest absolute Gasteiger partial charge is 0.363 e. The Morgan fingerprint density at radius 3 is 2.71 bits per heavy atom. The molecule has 1 aromatic rings. The zero-order valence-corrected chi connectivity index (χ0v) is 10.8. The van der Waals surface area contributed by atoms with Crippen molar-refractivity contribution in [1.82, 2.24) is 10.2 Å². The molecular formula is C13H17N3S. The smallest absolute Gasteiger partial charge is 0.169 e. The number of rotatable bonds is 5. The van der Waals surface area contributed by atoms with Crippen LogP contribution in [-0.2, 0) is 6.54 Å². The van der Waals surface area contributed by atoms with Crippen LogP contribution in [0.15, 0.2) is 30.3 Å². The van der Waals surface area contributed by atoms with E-state index in [1.807, 2.05) is 30.0 Å². The van der Waals surface area contributed by atoms with Crippen LogP contribution < -0.4 is 5.32 Å². The Kier molecular flexibility index (Phi) is 6.05. The van der Waals surface area contributed by atoms with Crippen molar-refractivity contribution in [2.24, 2.45) is 0 Å². The van der Waals surface area contributed by atoms with Crippen molar-refractivity contribution in [3.63, 3.8) is 0 Å². The van der Waals surface area contributed by atoms with Crippen LogP contribution >= 0.6 is 12.2 Å². The molecule has 0 fully saturated rings. The van der Waals surface area contributed by atoms with E-state index in [9.17, 15) is 0 Å². The van der Waals surface area contributed by atoms with E-state index >= 15 is 0 Å². The molecule has 1 aromatic carbocycles. The maximum absolute atomic E-state index is 8.65. The van der Waals surface area contributed by atoms with Gasteiger partial charge >= 0.3 is 0 Å². The second kappa shape index (κ2) is 7.64. The van der Waals surface area contributed by atoms with Gasteiger partial charge in [-0.2, -0.15) is 5.26 Å². The van der Waals surface area contributed by atoms with Crippen LogP contribution in [-0.4, -0.2) is 23.1 Å². The molecule has 0 spiro atoms. The monoisotopic (exact) mass is 247 g/mol. The average molecular weight is 247 g/mol. The van der Waals surface area contributed by atoms with Gasteiger partial charge in [-0.1, -0.05) is 30.3 Å². The SMILES string of the molecule is CCNC(=S)N(CCC#N)Cc1ccccc1. The minimum absolute atomic E-state index is 0.484. The maximum Gasteiger partial charge on any atom is 0.169 e. The fourth-order valence-corrected chi connectivity index (χ4v) is 1.80. The first-order chi connectivity index (χ1) is 8.27. The Morgan fingerprint density at radius 2 is 2.12 bits per heavy atom. The van der Waals surface area contributed by atoms with Crippen LogP contribution in [0, 0.1) is 11.3 Å². The van der Waals surface area contributed by atoms with Crippen LogP contribution in [0.2, 0.25) is 0 Å². The zero-order chi connectivity index (χ0) is 12.5. The summed E-state index contributed by atoms with van der Waals surface area (Å²) in [5.41, 5.74) is 1.20. The van der Waals surface area contributed by atoms with Crippen molar-refractivity contribution in [3.05, 3.63) is 35.9 Å². The Hall–Kier alpha value is -1.60. The minimum Gasteiger partial charge on any atom is -0.363 e. The Balaban J connectivity index is 2.63. The van der Waals surface area contributed by atoms with Gasteiger partial charge in [-0.15, -0.1) is 0 Å². The first-order valence-electron chi connectivity index (χ1n) is 5.71. The Bertz CT molecular complexity index is 383. The van der Waals surface area contributed by atoms with Crippen molar-refractivity contribution < 1.29 is 0 Å². The van der Waals surface area contributed by atoms with E-state index in [4.69, 9.17) is 17.5 Å². The summed E-state index contributed by atoms with van der Waals surface area (Å²) in [6, 6.07) is 12.3. The summed E-state index contributed by atoms with van der Waals surface area (Å²) in [6.45, 7) is 4.22. The van der Waals surface area contributed by atoms with E-state index in [1.54, 1.807) is 0 Å². The number of nitriles is 1. The van der Waals surface area contributed by atoms with Gasteiger partial charge in [0.1, 0.15) is 0 Å². The van der Waals surface area contributed by atoms with Gasteiger partial charge in [0.15, 0.2) is 5.11 Å². The van der Waals surface area contributed by atoms with Crippen LogP contribution in [0.25, 0.3) is 0 Å². The van der Waals surface area contributed by atoms with Crippen molar-refractivity contribution in [1.29, 1.82) is 5.26 Å². The summed E-state index contributed by atoms with van der Waals surface area (Å²) in [6.07, 6.45) is 0.484. The highest BCUT2D eigenvalue weighted by atomic mass is 32.1. The summed E-state index contributed by atoms with van der Waals surface area (Å²) in [7, 11) is 0. The lowest BCUT2D eigenvalue weighted by atomic mass is 10.2. The van der Waals surface area contributed by atoms with E-state index < -0.39 is 0 Å². The number of nitrogens with zero attached hydrogens (tertiary/aromatic N) is 2. The van der Waals surface area contributed by atoms with Gasteiger partial charge < -0.3 is 10.2 Å². The van der Waals surface area contributed by atoms with E-state index in [-0.39, 0.29) is 0 Å². The number of hydrogen-bond donors (Lipinski definition) is 1. The highest BCUT2D eigenvalue weighted by Crippen LogP contribution is 2.05. The zero-order valence-electron chi connectivity index (χ0n) is 10.0. The average Bonchev–Trinajstić information content (AvgIpc) is 2.36. The van der Waals surface area contributed by atoms with Crippen LogP contribution in [0.3, 0.4) is 0 Å². The lowest BCUT2D eigenvalue weighted by Gasteiger charge is -2.24. The van der Waals surface area contributed by atoms with Gasteiger partial charge in [-0.25, -0.2) is 0 Å². The highest BCUT2D eigenvalue weighted by Gasteiger charge is 2.08. The third-order valence-corrected chi connectivity index (χ3v) is 2.73. The maximum atomic E-state index is 8.65. The predicted molar refractivity (Wildman–Crippen MR) is 73.4 cm³/mol.